The van der Waals surface area contributed by atoms with Crippen LogP contribution in [0.3, 0.4) is 0 Å². The summed E-state index contributed by atoms with van der Waals surface area (Å²) >= 11 is 0. The summed E-state index contributed by atoms with van der Waals surface area (Å²) in [5.41, 5.74) is 4.43. The topological polar surface area (TPSA) is 67.1 Å². The van der Waals surface area contributed by atoms with Crippen LogP contribution in [-0.4, -0.2) is 17.0 Å². The zero-order valence-electron chi connectivity index (χ0n) is 11.1. The number of nitrogen functional groups attached to an aromatic ring is 1. The van der Waals surface area contributed by atoms with Gasteiger partial charge in [-0.15, -0.1) is 0 Å². The monoisotopic (exact) mass is 265 g/mol. The highest BCUT2D eigenvalue weighted by atomic mass is 15.3. The van der Waals surface area contributed by atoms with Gasteiger partial charge in [-0.3, -0.25) is 5.43 Å². The van der Waals surface area contributed by atoms with Gasteiger partial charge in [0.1, 0.15) is 5.82 Å². The Kier molecular flexibility index (Phi) is 3.18. The standard InChI is InChI=1S/C15H15N5/c1-20(11-7-3-2-4-8-11)14-12-9-5-6-10-13(12)17-15(18-14)19-16/h2-10H,16H2,1H3,(H,17,18,19). The summed E-state index contributed by atoms with van der Waals surface area (Å²) in [5.74, 6) is 6.67. The molecular weight excluding hydrogens is 250 g/mol. The summed E-state index contributed by atoms with van der Waals surface area (Å²) in [7, 11) is 1.98. The van der Waals surface area contributed by atoms with Crippen LogP contribution in [0.25, 0.3) is 10.9 Å². The first-order valence-electron chi connectivity index (χ1n) is 6.32. The number of para-hydroxylation sites is 2. The van der Waals surface area contributed by atoms with Crippen LogP contribution in [0.4, 0.5) is 17.5 Å². The van der Waals surface area contributed by atoms with Crippen LogP contribution >= 0.6 is 0 Å². The predicted molar refractivity (Wildman–Crippen MR) is 81.9 cm³/mol. The van der Waals surface area contributed by atoms with Crippen molar-refractivity contribution >= 4 is 28.4 Å². The van der Waals surface area contributed by atoms with Gasteiger partial charge in [-0.25, -0.2) is 10.8 Å². The molecule has 3 aromatic rings. The van der Waals surface area contributed by atoms with Gasteiger partial charge in [0.2, 0.25) is 5.95 Å². The van der Waals surface area contributed by atoms with E-state index in [1.807, 2.05) is 66.5 Å². The van der Waals surface area contributed by atoms with E-state index in [-0.39, 0.29) is 0 Å². The van der Waals surface area contributed by atoms with Crippen LogP contribution < -0.4 is 16.2 Å². The summed E-state index contributed by atoms with van der Waals surface area (Å²) < 4.78 is 0. The number of nitrogens with one attached hydrogen (secondary N) is 1. The molecule has 0 fully saturated rings. The lowest BCUT2D eigenvalue weighted by molar-refractivity contribution is 1.09. The highest BCUT2D eigenvalue weighted by molar-refractivity contribution is 5.92. The average Bonchev–Trinajstić information content (AvgIpc) is 2.54. The molecule has 0 spiro atoms. The molecule has 3 rings (SSSR count). The number of nitrogens with zero attached hydrogens (tertiary/aromatic N) is 3. The largest absolute Gasteiger partial charge is 0.329 e. The zero-order valence-corrected chi connectivity index (χ0v) is 11.1. The Morgan fingerprint density at radius 2 is 1.65 bits per heavy atom. The minimum Gasteiger partial charge on any atom is -0.329 e. The fourth-order valence-corrected chi connectivity index (χ4v) is 2.15. The molecule has 5 nitrogen and oxygen atoms in total. The molecule has 1 aromatic heterocycles. The van der Waals surface area contributed by atoms with E-state index in [9.17, 15) is 0 Å². The Morgan fingerprint density at radius 1 is 0.950 bits per heavy atom. The quantitative estimate of drug-likeness (QED) is 0.563. The number of hydrazine groups is 1. The van der Waals surface area contributed by atoms with E-state index in [4.69, 9.17) is 5.84 Å². The van der Waals surface area contributed by atoms with Crippen LogP contribution in [-0.2, 0) is 0 Å². The van der Waals surface area contributed by atoms with Gasteiger partial charge in [-0.2, -0.15) is 4.98 Å². The number of benzene rings is 2. The molecule has 0 atom stereocenters. The van der Waals surface area contributed by atoms with E-state index >= 15 is 0 Å². The maximum absolute atomic E-state index is 5.46. The number of anilines is 3. The van der Waals surface area contributed by atoms with Crippen LogP contribution in [0, 0.1) is 0 Å². The van der Waals surface area contributed by atoms with Crippen molar-refractivity contribution in [3.8, 4) is 0 Å². The number of rotatable bonds is 3. The smallest absolute Gasteiger partial charge is 0.239 e. The average molecular weight is 265 g/mol. The fourth-order valence-electron chi connectivity index (χ4n) is 2.15. The first kappa shape index (κ1) is 12.4. The number of hydrogen-bond donors (Lipinski definition) is 2. The van der Waals surface area contributed by atoms with Gasteiger partial charge in [-0.05, 0) is 24.3 Å². The lowest BCUT2D eigenvalue weighted by atomic mass is 10.2. The number of aromatic nitrogens is 2. The molecule has 0 unspecified atom stereocenters. The second-order valence-electron chi connectivity index (χ2n) is 4.43. The van der Waals surface area contributed by atoms with Crippen LogP contribution in [0.1, 0.15) is 0 Å². The lowest BCUT2D eigenvalue weighted by Crippen LogP contribution is -2.16. The summed E-state index contributed by atoms with van der Waals surface area (Å²) in [5, 5.41) is 0.984. The van der Waals surface area contributed by atoms with Crippen molar-refractivity contribution in [1.82, 2.24) is 9.97 Å². The van der Waals surface area contributed by atoms with Gasteiger partial charge in [0, 0.05) is 18.1 Å². The molecule has 0 saturated heterocycles. The van der Waals surface area contributed by atoms with E-state index < -0.39 is 0 Å². The van der Waals surface area contributed by atoms with Gasteiger partial charge in [0.05, 0.1) is 5.52 Å². The Labute approximate surface area is 117 Å². The molecule has 0 saturated carbocycles. The minimum atomic E-state index is 0.404. The van der Waals surface area contributed by atoms with Crippen LogP contribution in [0.15, 0.2) is 54.6 Å². The lowest BCUT2D eigenvalue weighted by Gasteiger charge is -2.20. The van der Waals surface area contributed by atoms with Crippen LogP contribution in [0.5, 0.6) is 0 Å². The van der Waals surface area contributed by atoms with Crippen molar-refractivity contribution in [2.75, 3.05) is 17.4 Å². The van der Waals surface area contributed by atoms with Gasteiger partial charge in [0.25, 0.3) is 0 Å². The normalized spacial score (nSPS) is 10.5. The number of fused-ring (bicyclic) bond motifs is 1. The summed E-state index contributed by atoms with van der Waals surface area (Å²) in [6, 6.07) is 17.9. The van der Waals surface area contributed by atoms with E-state index in [1.54, 1.807) is 0 Å². The molecule has 0 aliphatic carbocycles. The van der Waals surface area contributed by atoms with Crippen LogP contribution in [0.2, 0.25) is 0 Å². The molecule has 20 heavy (non-hydrogen) atoms. The fraction of sp³-hybridized carbons (Fsp3) is 0.0667. The molecule has 0 bridgehead atoms. The van der Waals surface area contributed by atoms with Crippen molar-refractivity contribution in [3.05, 3.63) is 54.6 Å². The third-order valence-electron chi connectivity index (χ3n) is 3.17. The molecule has 1 heterocycles. The van der Waals surface area contributed by atoms with E-state index in [0.29, 0.717) is 5.95 Å². The third-order valence-corrected chi connectivity index (χ3v) is 3.17. The molecule has 2 aromatic carbocycles. The second kappa shape index (κ2) is 5.14. The van der Waals surface area contributed by atoms with E-state index in [0.717, 1.165) is 22.4 Å². The molecule has 5 heteroatoms. The Hall–Kier alpha value is -2.66. The molecule has 0 radical (unpaired) electrons. The SMILES string of the molecule is CN(c1ccccc1)c1nc(NN)nc2ccccc12. The predicted octanol–water partition coefficient (Wildman–Crippen LogP) is 2.68. The zero-order chi connectivity index (χ0) is 13.9. The molecule has 0 aliphatic rings. The van der Waals surface area contributed by atoms with Gasteiger partial charge < -0.3 is 4.90 Å². The Balaban J connectivity index is 2.19. The highest BCUT2D eigenvalue weighted by Crippen LogP contribution is 2.29. The van der Waals surface area contributed by atoms with Crippen molar-refractivity contribution < 1.29 is 0 Å². The highest BCUT2D eigenvalue weighted by Gasteiger charge is 2.12. The summed E-state index contributed by atoms with van der Waals surface area (Å²) in [4.78, 5) is 10.8. The number of hydrogen-bond acceptors (Lipinski definition) is 5. The van der Waals surface area contributed by atoms with Crippen molar-refractivity contribution in [2.45, 2.75) is 0 Å². The second-order valence-corrected chi connectivity index (χ2v) is 4.43. The molecular formula is C15H15N5. The van der Waals surface area contributed by atoms with E-state index in [2.05, 4.69) is 15.4 Å². The molecule has 0 amide bonds. The van der Waals surface area contributed by atoms with Crippen molar-refractivity contribution in [1.29, 1.82) is 0 Å². The van der Waals surface area contributed by atoms with Crippen molar-refractivity contribution in [3.63, 3.8) is 0 Å². The van der Waals surface area contributed by atoms with Gasteiger partial charge in [-0.1, -0.05) is 30.3 Å². The first-order chi connectivity index (χ1) is 9.79. The minimum absolute atomic E-state index is 0.404. The van der Waals surface area contributed by atoms with Crippen molar-refractivity contribution in [2.24, 2.45) is 5.84 Å². The maximum Gasteiger partial charge on any atom is 0.239 e. The number of nitrogens with two attached hydrogens (primary N) is 1. The van der Waals surface area contributed by atoms with E-state index in [1.165, 1.54) is 0 Å². The maximum atomic E-state index is 5.46. The summed E-state index contributed by atoms with van der Waals surface area (Å²) in [6.45, 7) is 0. The summed E-state index contributed by atoms with van der Waals surface area (Å²) in [6.07, 6.45) is 0. The molecule has 100 valence electrons. The van der Waals surface area contributed by atoms with Gasteiger partial charge in [0.15, 0.2) is 0 Å². The first-order valence-corrected chi connectivity index (χ1v) is 6.32. The third kappa shape index (κ3) is 2.15. The Morgan fingerprint density at radius 3 is 2.40 bits per heavy atom. The molecule has 0 aliphatic heterocycles. The Bertz CT molecular complexity index is 727. The molecule has 3 N–H and O–H groups in total. The van der Waals surface area contributed by atoms with Gasteiger partial charge >= 0.3 is 0 Å².